The first-order chi connectivity index (χ1) is 34.2. The molecule has 0 N–H and O–H groups in total. The molecule has 0 atom stereocenters. The number of hydrogen-bond acceptors (Lipinski definition) is 2. The van der Waals surface area contributed by atoms with Crippen molar-refractivity contribution in [1.29, 1.82) is 0 Å². The summed E-state index contributed by atoms with van der Waals surface area (Å²) in [6.07, 6.45) is 0. The molecule has 0 fully saturated rings. The van der Waals surface area contributed by atoms with E-state index in [0.717, 1.165) is 28.3 Å². The van der Waals surface area contributed by atoms with Crippen LogP contribution in [-0.2, 0) is 0 Å². The predicted molar refractivity (Wildman–Crippen MR) is 297 cm³/mol. The van der Waals surface area contributed by atoms with Crippen molar-refractivity contribution in [2.24, 2.45) is 0 Å². The number of fused-ring (bicyclic) bond motifs is 11. The summed E-state index contributed by atoms with van der Waals surface area (Å²) in [6.45, 7) is 0. The molecule has 0 amide bonds. The lowest BCUT2D eigenvalue weighted by atomic mass is 9.92. The molecule has 0 aliphatic rings. The maximum atomic E-state index is 2.44. The molecule has 0 saturated heterocycles. The van der Waals surface area contributed by atoms with Crippen LogP contribution >= 0.6 is 11.3 Å². The van der Waals surface area contributed by atoms with E-state index >= 15 is 0 Å². The molecule has 0 bridgehead atoms. The van der Waals surface area contributed by atoms with Crippen LogP contribution in [0.4, 0.5) is 17.1 Å². The highest BCUT2D eigenvalue weighted by Gasteiger charge is 2.21. The fourth-order valence-electron chi connectivity index (χ4n) is 11.0. The van der Waals surface area contributed by atoms with E-state index in [0.29, 0.717) is 0 Å². The number of benzene rings is 12. The van der Waals surface area contributed by atoms with Gasteiger partial charge in [0.25, 0.3) is 0 Å². The minimum atomic E-state index is 1.08. The molecule has 0 unspecified atom stereocenters. The third-order valence-electron chi connectivity index (χ3n) is 14.2. The van der Waals surface area contributed by atoms with Crippen LogP contribution in [0.3, 0.4) is 0 Å². The third kappa shape index (κ3) is 6.39. The maximum absolute atomic E-state index is 2.44. The fraction of sp³-hybridized carbons (Fsp3) is 0. The van der Waals surface area contributed by atoms with Crippen molar-refractivity contribution in [3.63, 3.8) is 0 Å². The van der Waals surface area contributed by atoms with Crippen molar-refractivity contribution in [2.45, 2.75) is 0 Å². The standard InChI is InChI=1S/C66H42N2S/c1-4-20-52-44(15-1)35-40-60-59-27-14-26-53(65(59)69-66(52)60)45-33-38-49(39-34-45)67(62-28-10-9-25-58(62)61-42-47-16-2-3-19-51(47)54-21-5-6-22-55(54)61)48-36-31-43(32-37-48)46-17-13-18-50(41-46)68-63-29-11-7-23-56(63)57-24-8-12-30-64(57)68/h1-42H. The molecule has 69 heavy (non-hydrogen) atoms. The van der Waals surface area contributed by atoms with Crippen LogP contribution in [0.15, 0.2) is 255 Å². The minimum absolute atomic E-state index is 1.08. The van der Waals surface area contributed by atoms with Gasteiger partial charge in [-0.25, -0.2) is 0 Å². The molecule has 14 aromatic rings. The summed E-state index contributed by atoms with van der Waals surface area (Å²) in [6, 6.07) is 93.7. The first-order valence-corrected chi connectivity index (χ1v) is 24.5. The van der Waals surface area contributed by atoms with Crippen LogP contribution in [0.25, 0.3) is 113 Å². The van der Waals surface area contributed by atoms with E-state index in [9.17, 15) is 0 Å². The van der Waals surface area contributed by atoms with Gasteiger partial charge in [-0.1, -0.05) is 194 Å². The van der Waals surface area contributed by atoms with Gasteiger partial charge in [0.2, 0.25) is 0 Å². The number of anilines is 3. The Morgan fingerprint density at radius 1 is 0.290 bits per heavy atom. The maximum Gasteiger partial charge on any atom is 0.0541 e. The van der Waals surface area contributed by atoms with E-state index in [-0.39, 0.29) is 0 Å². The summed E-state index contributed by atoms with van der Waals surface area (Å²) in [7, 11) is 0. The van der Waals surface area contributed by atoms with Crippen molar-refractivity contribution in [3.05, 3.63) is 255 Å². The second-order valence-corrected chi connectivity index (χ2v) is 19.0. The molecule has 0 spiro atoms. The summed E-state index contributed by atoms with van der Waals surface area (Å²) in [4.78, 5) is 2.44. The van der Waals surface area contributed by atoms with Crippen molar-refractivity contribution >= 4 is 103 Å². The van der Waals surface area contributed by atoms with E-state index in [1.54, 1.807) is 0 Å². The van der Waals surface area contributed by atoms with Gasteiger partial charge in [0.1, 0.15) is 0 Å². The molecule has 322 valence electrons. The summed E-state index contributed by atoms with van der Waals surface area (Å²) in [5.41, 5.74) is 14.0. The number of aromatic nitrogens is 1. The lowest BCUT2D eigenvalue weighted by molar-refractivity contribution is 1.18. The number of hydrogen-bond donors (Lipinski definition) is 0. The molecular formula is C66H42N2S. The molecule has 2 heterocycles. The Morgan fingerprint density at radius 2 is 0.841 bits per heavy atom. The number of nitrogens with zero attached hydrogens (tertiary/aromatic N) is 2. The van der Waals surface area contributed by atoms with Gasteiger partial charge in [-0.05, 0) is 121 Å². The summed E-state index contributed by atoms with van der Waals surface area (Å²) < 4.78 is 5.06. The SMILES string of the molecule is c1cc(-c2ccc(N(c3ccc(-c4cccc5c4sc4c6ccccc6ccc54)cc3)c3ccccc3-c3cc4ccccc4c4ccccc34)cc2)cc(-n2c3ccccc3c3ccccc32)c1. The van der Waals surface area contributed by atoms with E-state index in [4.69, 9.17) is 0 Å². The van der Waals surface area contributed by atoms with Crippen LogP contribution in [0.2, 0.25) is 0 Å². The van der Waals surface area contributed by atoms with E-state index in [1.165, 1.54) is 102 Å². The van der Waals surface area contributed by atoms with Gasteiger partial charge >= 0.3 is 0 Å². The van der Waals surface area contributed by atoms with E-state index in [2.05, 4.69) is 264 Å². The highest BCUT2D eigenvalue weighted by molar-refractivity contribution is 7.27. The van der Waals surface area contributed by atoms with Gasteiger partial charge in [0, 0.05) is 53.6 Å². The Bertz CT molecular complexity index is 4260. The van der Waals surface area contributed by atoms with Crippen LogP contribution in [-0.4, -0.2) is 4.57 Å². The second kappa shape index (κ2) is 16.0. The number of rotatable bonds is 7. The average Bonchev–Trinajstić information content (AvgIpc) is 3.98. The van der Waals surface area contributed by atoms with Crippen LogP contribution in [0, 0.1) is 0 Å². The van der Waals surface area contributed by atoms with Gasteiger partial charge < -0.3 is 9.47 Å². The van der Waals surface area contributed by atoms with Crippen LogP contribution in [0.5, 0.6) is 0 Å². The molecule has 2 aromatic heterocycles. The van der Waals surface area contributed by atoms with Crippen LogP contribution in [0.1, 0.15) is 0 Å². The zero-order chi connectivity index (χ0) is 45.4. The largest absolute Gasteiger partial charge is 0.310 e. The highest BCUT2D eigenvalue weighted by Crippen LogP contribution is 2.47. The minimum Gasteiger partial charge on any atom is -0.310 e. The predicted octanol–water partition coefficient (Wildman–Crippen LogP) is 19.1. The molecule has 0 aliphatic carbocycles. The van der Waals surface area contributed by atoms with Crippen LogP contribution < -0.4 is 4.90 Å². The second-order valence-electron chi connectivity index (χ2n) is 18.0. The van der Waals surface area contributed by atoms with Crippen molar-refractivity contribution in [2.75, 3.05) is 4.90 Å². The monoisotopic (exact) mass is 894 g/mol. The molecule has 0 radical (unpaired) electrons. The topological polar surface area (TPSA) is 8.17 Å². The van der Waals surface area contributed by atoms with E-state index in [1.807, 2.05) is 11.3 Å². The van der Waals surface area contributed by atoms with Crippen molar-refractivity contribution < 1.29 is 0 Å². The quantitative estimate of drug-likeness (QED) is 0.145. The summed E-state index contributed by atoms with van der Waals surface area (Å²) in [5, 5.41) is 12.7. The normalized spacial score (nSPS) is 11.8. The Hall–Kier alpha value is -8.76. The lowest BCUT2D eigenvalue weighted by Crippen LogP contribution is -2.11. The Balaban J connectivity index is 0.911. The Morgan fingerprint density at radius 3 is 1.59 bits per heavy atom. The first-order valence-electron chi connectivity index (χ1n) is 23.7. The number of para-hydroxylation sites is 3. The summed E-state index contributed by atoms with van der Waals surface area (Å²) in [5.74, 6) is 0. The highest BCUT2D eigenvalue weighted by atomic mass is 32.1. The molecule has 12 aromatic carbocycles. The molecule has 0 saturated carbocycles. The lowest BCUT2D eigenvalue weighted by Gasteiger charge is -2.28. The third-order valence-corrected chi connectivity index (χ3v) is 15.5. The molecule has 0 aliphatic heterocycles. The molecular weight excluding hydrogens is 853 g/mol. The Kier molecular flexibility index (Phi) is 9.11. The first kappa shape index (κ1) is 39.4. The molecule has 2 nitrogen and oxygen atoms in total. The average molecular weight is 895 g/mol. The van der Waals surface area contributed by atoms with Gasteiger partial charge in [-0.15, -0.1) is 11.3 Å². The van der Waals surface area contributed by atoms with Crippen molar-refractivity contribution in [1.82, 2.24) is 4.57 Å². The molecule has 3 heteroatoms. The van der Waals surface area contributed by atoms with E-state index < -0.39 is 0 Å². The fourth-order valence-corrected chi connectivity index (χ4v) is 12.3. The van der Waals surface area contributed by atoms with Gasteiger partial charge in [0.05, 0.1) is 16.7 Å². The molecule has 14 rings (SSSR count). The van der Waals surface area contributed by atoms with Gasteiger partial charge in [-0.3, -0.25) is 0 Å². The number of thiophene rings is 1. The van der Waals surface area contributed by atoms with Crippen molar-refractivity contribution in [3.8, 4) is 39.1 Å². The zero-order valence-electron chi connectivity index (χ0n) is 37.6. The van der Waals surface area contributed by atoms with Gasteiger partial charge in [-0.2, -0.15) is 0 Å². The smallest absolute Gasteiger partial charge is 0.0541 e. The summed E-state index contributed by atoms with van der Waals surface area (Å²) >= 11 is 1.91. The zero-order valence-corrected chi connectivity index (χ0v) is 38.4. The van der Waals surface area contributed by atoms with Gasteiger partial charge in [0.15, 0.2) is 0 Å². The Labute approximate surface area is 403 Å².